The van der Waals surface area contributed by atoms with Gasteiger partial charge in [0.15, 0.2) is 0 Å². The Bertz CT molecular complexity index is 1290. The standard InChI is InChI=1S/C24H27N5O4S/c1-27(2)34(30,31)22-15-19(9-10-21(22)32-3)23-26-20(16-25)24(33-23)29-13-11-28(12-14-29)17-18-7-5-4-6-8-18/h4-10,15H,11-14,17H2,1-3H3. The van der Waals surface area contributed by atoms with Crippen molar-refractivity contribution in [3.05, 3.63) is 59.8 Å². The molecule has 4 rings (SSSR count). The smallest absolute Gasteiger partial charge is 0.246 e. The number of hydrogen-bond acceptors (Lipinski definition) is 8. The van der Waals surface area contributed by atoms with E-state index >= 15 is 0 Å². The highest BCUT2D eigenvalue weighted by Gasteiger charge is 2.27. The molecule has 1 aliphatic rings. The molecule has 0 saturated carbocycles. The zero-order chi connectivity index (χ0) is 24.3. The van der Waals surface area contributed by atoms with E-state index < -0.39 is 10.0 Å². The van der Waals surface area contributed by atoms with Crippen LogP contribution in [0.4, 0.5) is 5.88 Å². The van der Waals surface area contributed by atoms with Gasteiger partial charge in [-0.3, -0.25) is 4.90 Å². The Kier molecular flexibility index (Phi) is 6.88. The monoisotopic (exact) mass is 481 g/mol. The Hall–Kier alpha value is -3.39. The second kappa shape index (κ2) is 9.85. The minimum atomic E-state index is -3.75. The third-order valence-corrected chi connectivity index (χ3v) is 7.63. The van der Waals surface area contributed by atoms with Crippen LogP contribution in [0.25, 0.3) is 11.5 Å². The molecule has 0 bridgehead atoms. The number of oxazole rings is 1. The molecule has 0 spiro atoms. The maximum Gasteiger partial charge on any atom is 0.246 e. The van der Waals surface area contributed by atoms with Gasteiger partial charge in [0.25, 0.3) is 0 Å². The minimum Gasteiger partial charge on any atom is -0.495 e. The number of sulfonamides is 1. The van der Waals surface area contributed by atoms with Crippen molar-refractivity contribution in [1.29, 1.82) is 5.26 Å². The van der Waals surface area contributed by atoms with Gasteiger partial charge in [-0.25, -0.2) is 12.7 Å². The summed E-state index contributed by atoms with van der Waals surface area (Å²) in [6.45, 7) is 3.90. The van der Waals surface area contributed by atoms with Crippen molar-refractivity contribution in [3.8, 4) is 23.3 Å². The summed E-state index contributed by atoms with van der Waals surface area (Å²) < 4.78 is 37.9. The molecule has 1 fully saturated rings. The lowest BCUT2D eigenvalue weighted by atomic mass is 10.2. The summed E-state index contributed by atoms with van der Waals surface area (Å²) >= 11 is 0. The number of aromatic nitrogens is 1. The van der Waals surface area contributed by atoms with Crippen molar-refractivity contribution in [2.45, 2.75) is 11.4 Å². The van der Waals surface area contributed by atoms with E-state index in [1.54, 1.807) is 12.1 Å². The highest BCUT2D eigenvalue weighted by atomic mass is 32.2. The molecule has 1 aliphatic heterocycles. The Morgan fingerprint density at radius 2 is 1.82 bits per heavy atom. The van der Waals surface area contributed by atoms with Crippen molar-refractivity contribution in [2.24, 2.45) is 0 Å². The molecule has 10 heteroatoms. The molecule has 34 heavy (non-hydrogen) atoms. The van der Waals surface area contributed by atoms with Gasteiger partial charge in [0.2, 0.25) is 27.5 Å². The molecule has 9 nitrogen and oxygen atoms in total. The van der Waals surface area contributed by atoms with Gasteiger partial charge in [-0.2, -0.15) is 10.2 Å². The molecule has 2 heterocycles. The van der Waals surface area contributed by atoms with Crippen LogP contribution in [0.15, 0.2) is 57.8 Å². The van der Waals surface area contributed by atoms with E-state index in [0.717, 1.165) is 23.9 Å². The second-order valence-electron chi connectivity index (χ2n) is 8.19. The zero-order valence-electron chi connectivity index (χ0n) is 19.4. The molecule has 0 atom stereocenters. The fourth-order valence-electron chi connectivity index (χ4n) is 3.88. The first-order valence-electron chi connectivity index (χ1n) is 10.9. The summed E-state index contributed by atoms with van der Waals surface area (Å²) in [5.74, 6) is 0.820. The Labute approximate surface area is 199 Å². The predicted molar refractivity (Wildman–Crippen MR) is 128 cm³/mol. The topological polar surface area (TPSA) is 103 Å². The molecule has 0 unspecified atom stereocenters. The summed E-state index contributed by atoms with van der Waals surface area (Å²) in [4.78, 5) is 8.73. The molecule has 0 amide bonds. The van der Waals surface area contributed by atoms with Crippen LogP contribution in [0.3, 0.4) is 0 Å². The number of nitrogens with zero attached hydrogens (tertiary/aromatic N) is 5. The van der Waals surface area contributed by atoms with Gasteiger partial charge in [0.1, 0.15) is 16.7 Å². The summed E-state index contributed by atoms with van der Waals surface area (Å²) in [7, 11) is 0.570. The molecule has 178 valence electrons. The lowest BCUT2D eigenvalue weighted by molar-refractivity contribution is 0.246. The number of ether oxygens (including phenoxy) is 1. The number of benzene rings is 2. The highest BCUT2D eigenvalue weighted by molar-refractivity contribution is 7.89. The molecule has 3 aromatic rings. The summed E-state index contributed by atoms with van der Waals surface area (Å²) in [5, 5.41) is 9.66. The number of rotatable bonds is 7. The van der Waals surface area contributed by atoms with Crippen LogP contribution in [0.5, 0.6) is 5.75 Å². The van der Waals surface area contributed by atoms with Crippen LogP contribution in [-0.2, 0) is 16.6 Å². The molecular formula is C24H27N5O4S. The van der Waals surface area contributed by atoms with Crippen molar-refractivity contribution in [2.75, 3.05) is 52.3 Å². The van der Waals surface area contributed by atoms with Gasteiger partial charge >= 0.3 is 0 Å². The van der Waals surface area contributed by atoms with Gasteiger partial charge in [-0.1, -0.05) is 30.3 Å². The summed E-state index contributed by atoms with van der Waals surface area (Å²) in [6, 6.07) is 17.1. The van der Waals surface area contributed by atoms with E-state index in [0.29, 0.717) is 24.5 Å². The fraction of sp³-hybridized carbons (Fsp3) is 0.333. The Morgan fingerprint density at radius 1 is 1.12 bits per heavy atom. The van der Waals surface area contributed by atoms with E-state index in [9.17, 15) is 13.7 Å². The van der Waals surface area contributed by atoms with Gasteiger partial charge in [0, 0.05) is 52.4 Å². The molecule has 2 aromatic carbocycles. The van der Waals surface area contributed by atoms with Crippen molar-refractivity contribution < 1.29 is 17.6 Å². The van der Waals surface area contributed by atoms with E-state index in [-0.39, 0.29) is 22.2 Å². The van der Waals surface area contributed by atoms with Crippen LogP contribution in [0, 0.1) is 11.3 Å². The predicted octanol–water partition coefficient (Wildman–Crippen LogP) is 2.79. The van der Waals surface area contributed by atoms with Crippen LogP contribution in [-0.4, -0.2) is 70.0 Å². The van der Waals surface area contributed by atoms with E-state index in [4.69, 9.17) is 9.15 Å². The van der Waals surface area contributed by atoms with Gasteiger partial charge in [0.05, 0.1) is 7.11 Å². The first kappa shape index (κ1) is 23.8. The largest absolute Gasteiger partial charge is 0.495 e. The normalized spacial score (nSPS) is 14.9. The fourth-order valence-corrected chi connectivity index (χ4v) is 4.96. The molecule has 1 aromatic heterocycles. The van der Waals surface area contributed by atoms with Crippen molar-refractivity contribution >= 4 is 15.9 Å². The van der Waals surface area contributed by atoms with Crippen LogP contribution >= 0.6 is 0 Å². The Morgan fingerprint density at radius 3 is 2.44 bits per heavy atom. The third-order valence-electron chi connectivity index (χ3n) is 5.79. The molecule has 1 saturated heterocycles. The first-order chi connectivity index (χ1) is 16.3. The second-order valence-corrected chi connectivity index (χ2v) is 10.3. The lowest BCUT2D eigenvalue weighted by Crippen LogP contribution is -2.46. The van der Waals surface area contributed by atoms with Gasteiger partial charge < -0.3 is 14.1 Å². The number of methoxy groups -OCH3 is 1. The average Bonchev–Trinajstić information content (AvgIpc) is 3.29. The van der Waals surface area contributed by atoms with E-state index in [1.807, 2.05) is 23.1 Å². The van der Waals surface area contributed by atoms with Gasteiger partial charge in [-0.05, 0) is 23.8 Å². The third kappa shape index (κ3) is 4.77. The van der Waals surface area contributed by atoms with Gasteiger partial charge in [-0.15, -0.1) is 0 Å². The lowest BCUT2D eigenvalue weighted by Gasteiger charge is -2.34. The number of hydrogen-bond donors (Lipinski definition) is 0. The highest BCUT2D eigenvalue weighted by Crippen LogP contribution is 2.34. The average molecular weight is 482 g/mol. The number of piperazine rings is 1. The molecule has 0 aliphatic carbocycles. The summed E-state index contributed by atoms with van der Waals surface area (Å²) in [5.41, 5.74) is 1.89. The van der Waals surface area contributed by atoms with E-state index in [1.165, 1.54) is 32.8 Å². The zero-order valence-corrected chi connectivity index (χ0v) is 20.2. The quantitative estimate of drug-likeness (QED) is 0.508. The summed E-state index contributed by atoms with van der Waals surface area (Å²) in [6.07, 6.45) is 0. The SMILES string of the molecule is COc1ccc(-c2nc(C#N)c(N3CCN(Cc4ccccc4)CC3)o2)cc1S(=O)(=O)N(C)C. The van der Waals surface area contributed by atoms with Crippen LogP contribution in [0.2, 0.25) is 0 Å². The number of nitriles is 1. The molecule has 0 radical (unpaired) electrons. The van der Waals surface area contributed by atoms with Crippen LogP contribution < -0.4 is 9.64 Å². The maximum absolute atomic E-state index is 12.8. The molecule has 0 N–H and O–H groups in total. The van der Waals surface area contributed by atoms with E-state index in [2.05, 4.69) is 28.1 Å². The van der Waals surface area contributed by atoms with Crippen LogP contribution in [0.1, 0.15) is 11.3 Å². The number of anilines is 1. The van der Waals surface area contributed by atoms with Crippen molar-refractivity contribution in [1.82, 2.24) is 14.2 Å². The maximum atomic E-state index is 12.8. The van der Waals surface area contributed by atoms with Crippen molar-refractivity contribution in [3.63, 3.8) is 0 Å². The first-order valence-corrected chi connectivity index (χ1v) is 12.3. The minimum absolute atomic E-state index is 0.00489. The molecular weight excluding hydrogens is 454 g/mol. The Balaban J connectivity index is 1.57.